The lowest BCUT2D eigenvalue weighted by atomic mass is 10.1. The number of benzene rings is 1. The van der Waals surface area contributed by atoms with Crippen LogP contribution in [0, 0.1) is 0 Å². The molecule has 1 aromatic rings. The molecule has 2 nitrogen and oxygen atoms in total. The SMILES string of the molecule is CC(c1ccccc1)N1CCC(C([Si](C)(C)C)[Si](C)(C)C)OC1. The standard InChI is InChI=1S/C19H35NOSi2/c1-16(17-11-9-8-10-12-17)20-14-13-18(21-15-20)19(22(2,3)4)23(5,6)7/h8-12,16,18-19H,13-15H2,1-7H3. The van der Waals surface area contributed by atoms with E-state index < -0.39 is 16.1 Å². The minimum Gasteiger partial charge on any atom is -0.363 e. The maximum absolute atomic E-state index is 6.44. The van der Waals surface area contributed by atoms with Crippen molar-refractivity contribution in [1.82, 2.24) is 4.90 Å². The smallest absolute Gasteiger partial charge is 0.0998 e. The highest BCUT2D eigenvalue weighted by molar-refractivity contribution is 6.96. The van der Waals surface area contributed by atoms with Gasteiger partial charge in [0.15, 0.2) is 0 Å². The van der Waals surface area contributed by atoms with Crippen molar-refractivity contribution < 1.29 is 4.74 Å². The van der Waals surface area contributed by atoms with Gasteiger partial charge in [-0.2, -0.15) is 0 Å². The summed E-state index contributed by atoms with van der Waals surface area (Å²) in [5.74, 6) is 0. The van der Waals surface area contributed by atoms with Gasteiger partial charge in [-0.05, 0) is 24.1 Å². The van der Waals surface area contributed by atoms with Crippen LogP contribution in [-0.2, 0) is 4.74 Å². The molecule has 4 heteroatoms. The van der Waals surface area contributed by atoms with E-state index in [2.05, 4.69) is 81.4 Å². The van der Waals surface area contributed by atoms with Crippen LogP contribution in [0.1, 0.15) is 24.9 Å². The Kier molecular flexibility index (Phi) is 5.93. The van der Waals surface area contributed by atoms with Crippen LogP contribution < -0.4 is 0 Å². The summed E-state index contributed by atoms with van der Waals surface area (Å²) >= 11 is 0. The zero-order valence-electron chi connectivity index (χ0n) is 16.1. The Morgan fingerprint density at radius 3 is 2.00 bits per heavy atom. The molecule has 1 heterocycles. The molecule has 0 bridgehead atoms. The highest BCUT2D eigenvalue weighted by Crippen LogP contribution is 2.39. The van der Waals surface area contributed by atoms with Crippen LogP contribution in [0.4, 0.5) is 0 Å². The lowest BCUT2D eigenvalue weighted by molar-refractivity contribution is -0.0797. The third kappa shape index (κ3) is 4.78. The van der Waals surface area contributed by atoms with Crippen LogP contribution in [0.25, 0.3) is 0 Å². The van der Waals surface area contributed by atoms with E-state index in [-0.39, 0.29) is 0 Å². The summed E-state index contributed by atoms with van der Waals surface area (Å²) in [7, 11) is -2.41. The van der Waals surface area contributed by atoms with Gasteiger partial charge in [-0.25, -0.2) is 0 Å². The van der Waals surface area contributed by atoms with Gasteiger partial charge in [0.2, 0.25) is 0 Å². The van der Waals surface area contributed by atoms with Crippen molar-refractivity contribution in [3.63, 3.8) is 0 Å². The summed E-state index contributed by atoms with van der Waals surface area (Å²) in [5.41, 5.74) is 1.39. The normalized spacial score (nSPS) is 22.3. The minimum absolute atomic E-state index is 0.439. The predicted molar refractivity (Wildman–Crippen MR) is 106 cm³/mol. The third-order valence-corrected chi connectivity index (χ3v) is 14.9. The number of hydrogen-bond donors (Lipinski definition) is 0. The Balaban J connectivity index is 2.03. The molecule has 0 spiro atoms. The molecule has 23 heavy (non-hydrogen) atoms. The Bertz CT molecular complexity index is 470. The van der Waals surface area contributed by atoms with Crippen molar-refractivity contribution in [3.05, 3.63) is 35.9 Å². The van der Waals surface area contributed by atoms with E-state index in [1.165, 1.54) is 12.0 Å². The summed E-state index contributed by atoms with van der Waals surface area (Å²) in [6, 6.07) is 11.2. The van der Waals surface area contributed by atoms with E-state index in [1.807, 2.05) is 0 Å². The first-order valence-corrected chi connectivity index (χ1v) is 16.2. The van der Waals surface area contributed by atoms with Gasteiger partial charge in [0, 0.05) is 28.7 Å². The molecule has 0 saturated carbocycles. The van der Waals surface area contributed by atoms with Crippen LogP contribution in [0.2, 0.25) is 44.4 Å². The molecule has 0 N–H and O–H groups in total. The molecule has 1 aliphatic heterocycles. The predicted octanol–water partition coefficient (Wildman–Crippen LogP) is 5.38. The molecule has 1 saturated heterocycles. The Labute approximate surface area is 145 Å². The summed E-state index contributed by atoms with van der Waals surface area (Å²) in [6.45, 7) is 19.4. The molecule has 2 rings (SSSR count). The van der Waals surface area contributed by atoms with Crippen molar-refractivity contribution in [2.75, 3.05) is 13.3 Å². The monoisotopic (exact) mass is 349 g/mol. The highest BCUT2D eigenvalue weighted by atomic mass is 28.4. The zero-order valence-corrected chi connectivity index (χ0v) is 18.1. The van der Waals surface area contributed by atoms with Crippen molar-refractivity contribution in [3.8, 4) is 0 Å². The van der Waals surface area contributed by atoms with Crippen molar-refractivity contribution in [2.45, 2.75) is 69.9 Å². The minimum atomic E-state index is -1.20. The van der Waals surface area contributed by atoms with Crippen molar-refractivity contribution in [2.24, 2.45) is 0 Å². The van der Waals surface area contributed by atoms with Crippen molar-refractivity contribution >= 4 is 16.1 Å². The van der Waals surface area contributed by atoms with Crippen molar-refractivity contribution in [1.29, 1.82) is 0 Å². The largest absolute Gasteiger partial charge is 0.363 e. The molecule has 0 aromatic heterocycles. The van der Waals surface area contributed by atoms with Gasteiger partial charge < -0.3 is 4.74 Å². The molecule has 0 amide bonds. The zero-order chi connectivity index (χ0) is 17.3. The van der Waals surface area contributed by atoms with Crippen LogP contribution in [-0.4, -0.2) is 40.4 Å². The average Bonchev–Trinajstić information content (AvgIpc) is 2.45. The second kappa shape index (κ2) is 7.22. The van der Waals surface area contributed by atoms with Gasteiger partial charge in [-0.1, -0.05) is 69.6 Å². The molecular weight excluding hydrogens is 314 g/mol. The number of nitrogens with zero attached hydrogens (tertiary/aromatic N) is 1. The Hall–Kier alpha value is -0.426. The molecule has 2 atom stereocenters. The molecule has 2 unspecified atom stereocenters. The van der Waals surface area contributed by atoms with E-state index in [9.17, 15) is 0 Å². The first-order chi connectivity index (χ1) is 10.6. The maximum atomic E-state index is 6.44. The van der Waals surface area contributed by atoms with E-state index in [4.69, 9.17) is 4.74 Å². The number of ether oxygens (including phenoxy) is 1. The highest BCUT2D eigenvalue weighted by Gasteiger charge is 2.44. The topological polar surface area (TPSA) is 12.5 Å². The van der Waals surface area contributed by atoms with Gasteiger partial charge in [0.25, 0.3) is 0 Å². The molecule has 1 fully saturated rings. The second-order valence-electron chi connectivity index (χ2n) is 9.23. The number of rotatable bonds is 5. The molecule has 130 valence electrons. The van der Waals surface area contributed by atoms with E-state index in [0.29, 0.717) is 12.1 Å². The molecule has 0 aliphatic carbocycles. The molecular formula is C19H35NOSi2. The maximum Gasteiger partial charge on any atom is 0.0998 e. The quantitative estimate of drug-likeness (QED) is 0.662. The summed E-state index contributed by atoms with van der Waals surface area (Å²) in [4.78, 5) is 2.48. The van der Waals surface area contributed by atoms with Crippen LogP contribution in [0.3, 0.4) is 0 Å². The molecule has 1 aromatic carbocycles. The van der Waals surface area contributed by atoms with E-state index in [1.54, 1.807) is 0 Å². The lowest BCUT2D eigenvalue weighted by Gasteiger charge is -2.47. The van der Waals surface area contributed by atoms with E-state index >= 15 is 0 Å². The van der Waals surface area contributed by atoms with Gasteiger partial charge in [-0.15, -0.1) is 0 Å². The van der Waals surface area contributed by atoms with Crippen LogP contribution >= 0.6 is 0 Å². The Morgan fingerprint density at radius 1 is 1.00 bits per heavy atom. The van der Waals surface area contributed by atoms with Crippen LogP contribution in [0.5, 0.6) is 0 Å². The molecule has 1 aliphatic rings. The fourth-order valence-corrected chi connectivity index (χ4v) is 17.7. The van der Waals surface area contributed by atoms with Gasteiger partial charge >= 0.3 is 0 Å². The first kappa shape index (κ1) is 18.9. The van der Waals surface area contributed by atoms with Crippen LogP contribution in [0.15, 0.2) is 30.3 Å². The third-order valence-electron chi connectivity index (χ3n) is 5.22. The van der Waals surface area contributed by atoms with Gasteiger partial charge in [0.1, 0.15) is 0 Å². The first-order valence-electron chi connectivity index (χ1n) is 9.01. The summed E-state index contributed by atoms with van der Waals surface area (Å²) in [5, 5.41) is 0.837. The van der Waals surface area contributed by atoms with Gasteiger partial charge in [-0.3, -0.25) is 4.90 Å². The summed E-state index contributed by atoms with van der Waals surface area (Å²) < 4.78 is 6.44. The fraction of sp³-hybridized carbons (Fsp3) is 0.684. The van der Waals surface area contributed by atoms with E-state index in [0.717, 1.165) is 18.4 Å². The second-order valence-corrected chi connectivity index (χ2v) is 20.5. The Morgan fingerprint density at radius 2 is 1.57 bits per heavy atom. The van der Waals surface area contributed by atoms with Gasteiger partial charge in [0.05, 0.1) is 12.8 Å². The molecule has 0 radical (unpaired) electrons. The lowest BCUT2D eigenvalue weighted by Crippen LogP contribution is -2.53. The average molecular weight is 350 g/mol. The number of hydrogen-bond acceptors (Lipinski definition) is 2. The summed E-state index contributed by atoms with van der Waals surface area (Å²) in [6.07, 6.45) is 1.67. The fourth-order valence-electron chi connectivity index (χ4n) is 4.56.